The van der Waals surface area contributed by atoms with Crippen molar-refractivity contribution in [2.45, 2.75) is 66.0 Å². The molecule has 0 bridgehead atoms. The third-order valence-electron chi connectivity index (χ3n) is 3.85. The number of likely N-dealkylation sites (N-methyl/N-ethyl adjacent to an activating group) is 2. The number of hydrogen-bond donors (Lipinski definition) is 1. The van der Waals surface area contributed by atoms with Crippen LogP contribution in [0.2, 0.25) is 0 Å². The Morgan fingerprint density at radius 2 is 1.56 bits per heavy atom. The van der Waals surface area contributed by atoms with Gasteiger partial charge in [-0.3, -0.25) is 0 Å². The molecular formula is C14H32N2. The first-order valence-corrected chi connectivity index (χ1v) is 7.04. The minimum Gasteiger partial charge on any atom is -0.313 e. The van der Waals surface area contributed by atoms with Gasteiger partial charge < -0.3 is 10.2 Å². The van der Waals surface area contributed by atoms with Crippen molar-refractivity contribution < 1.29 is 0 Å². The molecular weight excluding hydrogens is 196 g/mol. The van der Waals surface area contributed by atoms with Crippen LogP contribution in [0.25, 0.3) is 0 Å². The summed E-state index contributed by atoms with van der Waals surface area (Å²) >= 11 is 0. The van der Waals surface area contributed by atoms with Crippen molar-refractivity contribution in [3.8, 4) is 0 Å². The Morgan fingerprint density at radius 3 is 1.94 bits per heavy atom. The van der Waals surface area contributed by atoms with Gasteiger partial charge in [0, 0.05) is 18.6 Å². The second-order valence-corrected chi connectivity index (χ2v) is 4.96. The maximum atomic E-state index is 3.63. The molecule has 0 aromatic heterocycles. The molecule has 16 heavy (non-hydrogen) atoms. The van der Waals surface area contributed by atoms with Crippen molar-refractivity contribution in [2.24, 2.45) is 5.92 Å². The lowest BCUT2D eigenvalue weighted by molar-refractivity contribution is 0.183. The molecule has 2 unspecified atom stereocenters. The molecule has 0 spiro atoms. The summed E-state index contributed by atoms with van der Waals surface area (Å²) in [6.45, 7) is 13.7. The van der Waals surface area contributed by atoms with Crippen molar-refractivity contribution in [1.82, 2.24) is 10.2 Å². The maximum Gasteiger partial charge on any atom is 0.0220 e. The SMILES string of the molecule is CCNC(CN(C)C(CC)CC)C(C)CC. The second-order valence-electron chi connectivity index (χ2n) is 4.96. The van der Waals surface area contributed by atoms with E-state index < -0.39 is 0 Å². The Kier molecular flexibility index (Phi) is 8.96. The van der Waals surface area contributed by atoms with Gasteiger partial charge in [-0.2, -0.15) is 0 Å². The van der Waals surface area contributed by atoms with Gasteiger partial charge in [-0.1, -0.05) is 41.0 Å². The zero-order chi connectivity index (χ0) is 12.6. The topological polar surface area (TPSA) is 15.3 Å². The van der Waals surface area contributed by atoms with E-state index in [1.807, 2.05) is 0 Å². The summed E-state index contributed by atoms with van der Waals surface area (Å²) in [6, 6.07) is 1.38. The van der Waals surface area contributed by atoms with Gasteiger partial charge in [0.25, 0.3) is 0 Å². The second kappa shape index (κ2) is 9.00. The Bertz CT molecular complexity index is 155. The van der Waals surface area contributed by atoms with Gasteiger partial charge in [0.1, 0.15) is 0 Å². The third-order valence-corrected chi connectivity index (χ3v) is 3.85. The van der Waals surface area contributed by atoms with E-state index in [0.717, 1.165) is 18.5 Å². The van der Waals surface area contributed by atoms with Crippen LogP contribution in [-0.4, -0.2) is 37.1 Å². The summed E-state index contributed by atoms with van der Waals surface area (Å²) in [5, 5.41) is 3.63. The van der Waals surface area contributed by atoms with E-state index in [4.69, 9.17) is 0 Å². The average molecular weight is 228 g/mol. The average Bonchev–Trinajstić information content (AvgIpc) is 2.29. The summed E-state index contributed by atoms with van der Waals surface area (Å²) in [7, 11) is 2.27. The van der Waals surface area contributed by atoms with Gasteiger partial charge in [0.2, 0.25) is 0 Å². The van der Waals surface area contributed by atoms with E-state index in [-0.39, 0.29) is 0 Å². The van der Waals surface area contributed by atoms with E-state index in [9.17, 15) is 0 Å². The van der Waals surface area contributed by atoms with Gasteiger partial charge in [0.05, 0.1) is 0 Å². The number of nitrogens with one attached hydrogen (secondary N) is 1. The van der Waals surface area contributed by atoms with Gasteiger partial charge in [-0.25, -0.2) is 0 Å². The van der Waals surface area contributed by atoms with Crippen molar-refractivity contribution in [2.75, 3.05) is 20.1 Å². The lowest BCUT2D eigenvalue weighted by atomic mass is 9.97. The Hall–Kier alpha value is -0.0800. The summed E-state index contributed by atoms with van der Waals surface area (Å²) in [6.07, 6.45) is 3.77. The van der Waals surface area contributed by atoms with E-state index in [0.29, 0.717) is 6.04 Å². The molecule has 0 aliphatic rings. The van der Waals surface area contributed by atoms with E-state index >= 15 is 0 Å². The Balaban J connectivity index is 4.25. The lowest BCUT2D eigenvalue weighted by Gasteiger charge is -2.33. The first kappa shape index (κ1) is 15.9. The van der Waals surface area contributed by atoms with E-state index in [1.54, 1.807) is 0 Å². The van der Waals surface area contributed by atoms with Crippen LogP contribution in [0.15, 0.2) is 0 Å². The highest BCUT2D eigenvalue weighted by molar-refractivity contribution is 4.78. The number of hydrogen-bond acceptors (Lipinski definition) is 2. The Morgan fingerprint density at radius 1 is 1.00 bits per heavy atom. The highest BCUT2D eigenvalue weighted by atomic mass is 15.2. The molecule has 0 saturated carbocycles. The fourth-order valence-corrected chi connectivity index (χ4v) is 2.36. The third kappa shape index (κ3) is 5.31. The van der Waals surface area contributed by atoms with E-state index in [1.165, 1.54) is 25.8 Å². The summed E-state index contributed by atoms with van der Waals surface area (Å²) in [5.41, 5.74) is 0. The van der Waals surface area contributed by atoms with Gasteiger partial charge >= 0.3 is 0 Å². The predicted molar refractivity (Wildman–Crippen MR) is 73.9 cm³/mol. The highest BCUT2D eigenvalue weighted by Crippen LogP contribution is 2.12. The molecule has 2 atom stereocenters. The van der Waals surface area contributed by atoms with Gasteiger partial charge in [0.15, 0.2) is 0 Å². The minimum absolute atomic E-state index is 0.639. The van der Waals surface area contributed by atoms with Crippen molar-refractivity contribution in [3.05, 3.63) is 0 Å². The molecule has 0 amide bonds. The number of nitrogens with zero attached hydrogens (tertiary/aromatic N) is 1. The van der Waals surface area contributed by atoms with Crippen molar-refractivity contribution in [3.63, 3.8) is 0 Å². The monoisotopic (exact) mass is 228 g/mol. The maximum absolute atomic E-state index is 3.63. The van der Waals surface area contributed by atoms with Crippen molar-refractivity contribution in [1.29, 1.82) is 0 Å². The molecule has 0 radical (unpaired) electrons. The molecule has 0 aromatic carbocycles. The van der Waals surface area contributed by atoms with Crippen LogP contribution in [0.5, 0.6) is 0 Å². The molecule has 0 heterocycles. The van der Waals surface area contributed by atoms with Crippen LogP contribution in [-0.2, 0) is 0 Å². The van der Waals surface area contributed by atoms with Crippen LogP contribution in [0.1, 0.15) is 53.9 Å². The molecule has 1 N–H and O–H groups in total. The van der Waals surface area contributed by atoms with Crippen LogP contribution in [0.3, 0.4) is 0 Å². The van der Waals surface area contributed by atoms with Crippen molar-refractivity contribution >= 4 is 0 Å². The standard InChI is InChI=1S/C14H32N2/c1-7-12(5)14(15-10-4)11-16(6)13(8-2)9-3/h12-15H,7-11H2,1-6H3. The van der Waals surface area contributed by atoms with Crippen LogP contribution < -0.4 is 5.32 Å². The molecule has 0 rings (SSSR count). The predicted octanol–water partition coefficient (Wildman–Crippen LogP) is 3.13. The minimum atomic E-state index is 0.639. The quantitative estimate of drug-likeness (QED) is 0.652. The molecule has 0 fully saturated rings. The van der Waals surface area contributed by atoms with Crippen LogP contribution in [0.4, 0.5) is 0 Å². The van der Waals surface area contributed by atoms with E-state index in [2.05, 4.69) is 51.9 Å². The molecule has 0 aromatic rings. The first-order chi connectivity index (χ1) is 7.60. The molecule has 2 heteroatoms. The summed E-state index contributed by atoms with van der Waals surface area (Å²) in [5.74, 6) is 0.761. The fourth-order valence-electron chi connectivity index (χ4n) is 2.36. The number of rotatable bonds is 9. The van der Waals surface area contributed by atoms with Gasteiger partial charge in [-0.05, 0) is 32.4 Å². The zero-order valence-electron chi connectivity index (χ0n) is 12.2. The highest BCUT2D eigenvalue weighted by Gasteiger charge is 2.19. The normalized spacial score (nSPS) is 15.8. The first-order valence-electron chi connectivity index (χ1n) is 7.04. The molecule has 2 nitrogen and oxygen atoms in total. The molecule has 0 aliphatic carbocycles. The molecule has 98 valence electrons. The summed E-state index contributed by atoms with van der Waals surface area (Å²) in [4.78, 5) is 2.53. The lowest BCUT2D eigenvalue weighted by Crippen LogP contribution is -2.46. The summed E-state index contributed by atoms with van der Waals surface area (Å²) < 4.78 is 0. The molecule has 0 aliphatic heterocycles. The smallest absolute Gasteiger partial charge is 0.0220 e. The van der Waals surface area contributed by atoms with Crippen LogP contribution >= 0.6 is 0 Å². The Labute approximate surface area is 103 Å². The largest absolute Gasteiger partial charge is 0.313 e. The zero-order valence-corrected chi connectivity index (χ0v) is 12.2. The van der Waals surface area contributed by atoms with Crippen LogP contribution in [0, 0.1) is 5.92 Å². The van der Waals surface area contributed by atoms with Gasteiger partial charge in [-0.15, -0.1) is 0 Å². The fraction of sp³-hybridized carbons (Fsp3) is 1.00. The molecule has 0 saturated heterocycles.